The lowest BCUT2D eigenvalue weighted by Gasteiger charge is -2.20. The van der Waals surface area contributed by atoms with Crippen LogP contribution in [0, 0.1) is 6.92 Å². The van der Waals surface area contributed by atoms with Gasteiger partial charge in [0.05, 0.1) is 0 Å². The molecular formula is C13H16N4. The van der Waals surface area contributed by atoms with Gasteiger partial charge >= 0.3 is 0 Å². The average Bonchev–Trinajstić information content (AvgIpc) is 2.39. The van der Waals surface area contributed by atoms with Gasteiger partial charge in [0, 0.05) is 25.3 Å². The van der Waals surface area contributed by atoms with Crippen molar-refractivity contribution in [2.75, 3.05) is 24.3 Å². The summed E-state index contributed by atoms with van der Waals surface area (Å²) >= 11 is 0. The molecule has 1 N–H and O–H groups in total. The first-order chi connectivity index (χ1) is 8.24. The SMILES string of the molecule is CNc1ncnc(N(C)c2ccccc2)c1C. The second-order valence-corrected chi connectivity index (χ2v) is 3.82. The Labute approximate surface area is 101 Å². The van der Waals surface area contributed by atoms with Crippen molar-refractivity contribution in [1.82, 2.24) is 9.97 Å². The number of rotatable bonds is 3. The third kappa shape index (κ3) is 2.20. The number of nitrogens with one attached hydrogen (secondary N) is 1. The molecule has 2 aromatic rings. The predicted molar refractivity (Wildman–Crippen MR) is 70.8 cm³/mol. The molecule has 2 rings (SSSR count). The standard InChI is InChI=1S/C13H16N4/c1-10-12(14-2)15-9-16-13(10)17(3)11-7-5-4-6-8-11/h4-9H,1-3H3,(H,14,15,16). The van der Waals surface area contributed by atoms with E-state index in [9.17, 15) is 0 Å². The first kappa shape index (κ1) is 11.4. The fourth-order valence-corrected chi connectivity index (χ4v) is 1.80. The van der Waals surface area contributed by atoms with Gasteiger partial charge in [-0.15, -0.1) is 0 Å². The normalized spacial score (nSPS) is 10.1. The Kier molecular flexibility index (Phi) is 3.23. The fraction of sp³-hybridized carbons (Fsp3) is 0.231. The summed E-state index contributed by atoms with van der Waals surface area (Å²) in [6.07, 6.45) is 1.58. The zero-order valence-corrected chi connectivity index (χ0v) is 10.3. The molecule has 0 bridgehead atoms. The van der Waals surface area contributed by atoms with E-state index in [4.69, 9.17) is 0 Å². The highest BCUT2D eigenvalue weighted by molar-refractivity contribution is 5.66. The van der Waals surface area contributed by atoms with Crippen molar-refractivity contribution >= 4 is 17.3 Å². The molecule has 0 saturated carbocycles. The molecule has 0 spiro atoms. The summed E-state index contributed by atoms with van der Waals surface area (Å²) in [4.78, 5) is 10.6. The minimum Gasteiger partial charge on any atom is -0.373 e. The summed E-state index contributed by atoms with van der Waals surface area (Å²) in [7, 11) is 3.87. The number of para-hydroxylation sites is 1. The molecule has 0 fully saturated rings. The van der Waals surface area contributed by atoms with E-state index in [0.29, 0.717) is 0 Å². The van der Waals surface area contributed by atoms with Crippen LogP contribution in [-0.4, -0.2) is 24.1 Å². The van der Waals surface area contributed by atoms with Crippen LogP contribution in [0.4, 0.5) is 17.3 Å². The summed E-state index contributed by atoms with van der Waals surface area (Å²) < 4.78 is 0. The van der Waals surface area contributed by atoms with Crippen LogP contribution in [0.1, 0.15) is 5.56 Å². The Morgan fingerprint density at radius 1 is 1.12 bits per heavy atom. The van der Waals surface area contributed by atoms with E-state index in [2.05, 4.69) is 32.3 Å². The zero-order valence-electron chi connectivity index (χ0n) is 10.3. The molecule has 0 aliphatic rings. The summed E-state index contributed by atoms with van der Waals surface area (Å²) in [6, 6.07) is 10.1. The lowest BCUT2D eigenvalue weighted by molar-refractivity contribution is 1.05. The average molecular weight is 228 g/mol. The maximum atomic E-state index is 4.34. The van der Waals surface area contributed by atoms with Gasteiger partial charge in [-0.25, -0.2) is 9.97 Å². The second kappa shape index (κ2) is 4.82. The zero-order chi connectivity index (χ0) is 12.3. The maximum absolute atomic E-state index is 4.34. The highest BCUT2D eigenvalue weighted by Gasteiger charge is 2.11. The molecule has 4 heteroatoms. The van der Waals surface area contributed by atoms with Gasteiger partial charge in [0.15, 0.2) is 0 Å². The Balaban J connectivity index is 2.41. The number of anilines is 3. The van der Waals surface area contributed by atoms with Crippen molar-refractivity contribution in [1.29, 1.82) is 0 Å². The molecule has 4 nitrogen and oxygen atoms in total. The van der Waals surface area contributed by atoms with Gasteiger partial charge in [-0.05, 0) is 19.1 Å². The molecule has 0 saturated heterocycles. The molecule has 0 atom stereocenters. The third-order valence-corrected chi connectivity index (χ3v) is 2.76. The molecule has 0 unspecified atom stereocenters. The lowest BCUT2D eigenvalue weighted by atomic mass is 10.2. The topological polar surface area (TPSA) is 41.1 Å². The van der Waals surface area contributed by atoms with E-state index in [1.807, 2.05) is 39.2 Å². The number of aromatic nitrogens is 2. The number of hydrogen-bond acceptors (Lipinski definition) is 4. The van der Waals surface area contributed by atoms with E-state index >= 15 is 0 Å². The van der Waals surface area contributed by atoms with Crippen LogP contribution in [-0.2, 0) is 0 Å². The van der Waals surface area contributed by atoms with Crippen molar-refractivity contribution in [3.05, 3.63) is 42.2 Å². The molecule has 0 amide bonds. The van der Waals surface area contributed by atoms with Crippen LogP contribution in [0.15, 0.2) is 36.7 Å². The first-order valence-corrected chi connectivity index (χ1v) is 5.52. The quantitative estimate of drug-likeness (QED) is 0.876. The summed E-state index contributed by atoms with van der Waals surface area (Å²) in [5, 5.41) is 3.06. The van der Waals surface area contributed by atoms with Crippen LogP contribution in [0.2, 0.25) is 0 Å². The molecular weight excluding hydrogens is 212 g/mol. The Bertz CT molecular complexity index is 496. The maximum Gasteiger partial charge on any atom is 0.141 e. The van der Waals surface area contributed by atoms with Crippen LogP contribution < -0.4 is 10.2 Å². The molecule has 1 aromatic carbocycles. The van der Waals surface area contributed by atoms with E-state index in [0.717, 1.165) is 22.9 Å². The highest BCUT2D eigenvalue weighted by atomic mass is 15.2. The van der Waals surface area contributed by atoms with E-state index in [-0.39, 0.29) is 0 Å². The van der Waals surface area contributed by atoms with E-state index < -0.39 is 0 Å². The molecule has 17 heavy (non-hydrogen) atoms. The summed E-state index contributed by atoms with van der Waals surface area (Å²) in [6.45, 7) is 2.01. The predicted octanol–water partition coefficient (Wildman–Crippen LogP) is 2.59. The van der Waals surface area contributed by atoms with E-state index in [1.165, 1.54) is 0 Å². The van der Waals surface area contributed by atoms with Crippen molar-refractivity contribution in [3.63, 3.8) is 0 Å². The van der Waals surface area contributed by atoms with Gasteiger partial charge in [-0.2, -0.15) is 0 Å². The summed E-state index contributed by atoms with van der Waals surface area (Å²) in [5.74, 6) is 1.77. The van der Waals surface area contributed by atoms with Crippen molar-refractivity contribution in [2.24, 2.45) is 0 Å². The fourth-order valence-electron chi connectivity index (χ4n) is 1.80. The Morgan fingerprint density at radius 3 is 2.47 bits per heavy atom. The lowest BCUT2D eigenvalue weighted by Crippen LogP contribution is -2.14. The number of benzene rings is 1. The van der Waals surface area contributed by atoms with Crippen molar-refractivity contribution < 1.29 is 0 Å². The second-order valence-electron chi connectivity index (χ2n) is 3.82. The van der Waals surface area contributed by atoms with E-state index in [1.54, 1.807) is 6.33 Å². The van der Waals surface area contributed by atoms with Gasteiger partial charge < -0.3 is 10.2 Å². The monoisotopic (exact) mass is 228 g/mol. The van der Waals surface area contributed by atoms with Crippen LogP contribution >= 0.6 is 0 Å². The molecule has 0 aliphatic carbocycles. The first-order valence-electron chi connectivity index (χ1n) is 5.52. The van der Waals surface area contributed by atoms with Gasteiger partial charge in [0.1, 0.15) is 18.0 Å². The highest BCUT2D eigenvalue weighted by Crippen LogP contribution is 2.26. The number of hydrogen-bond donors (Lipinski definition) is 1. The smallest absolute Gasteiger partial charge is 0.141 e. The van der Waals surface area contributed by atoms with Crippen LogP contribution in [0.3, 0.4) is 0 Å². The van der Waals surface area contributed by atoms with Crippen LogP contribution in [0.5, 0.6) is 0 Å². The Morgan fingerprint density at radius 2 is 1.82 bits per heavy atom. The number of nitrogens with zero attached hydrogens (tertiary/aromatic N) is 3. The van der Waals surface area contributed by atoms with Crippen LogP contribution in [0.25, 0.3) is 0 Å². The van der Waals surface area contributed by atoms with Gasteiger partial charge in [0.25, 0.3) is 0 Å². The third-order valence-electron chi connectivity index (χ3n) is 2.76. The van der Waals surface area contributed by atoms with Gasteiger partial charge in [-0.3, -0.25) is 0 Å². The summed E-state index contributed by atoms with van der Waals surface area (Å²) in [5.41, 5.74) is 2.15. The van der Waals surface area contributed by atoms with Crippen molar-refractivity contribution in [2.45, 2.75) is 6.92 Å². The minimum atomic E-state index is 0.859. The van der Waals surface area contributed by atoms with Gasteiger partial charge in [-0.1, -0.05) is 18.2 Å². The van der Waals surface area contributed by atoms with Crippen molar-refractivity contribution in [3.8, 4) is 0 Å². The minimum absolute atomic E-state index is 0.859. The molecule has 0 aliphatic heterocycles. The molecule has 1 aromatic heterocycles. The largest absolute Gasteiger partial charge is 0.373 e. The van der Waals surface area contributed by atoms with Gasteiger partial charge in [0.2, 0.25) is 0 Å². The molecule has 1 heterocycles. The molecule has 88 valence electrons. The Hall–Kier alpha value is -2.10. The molecule has 0 radical (unpaired) electrons.